The highest BCUT2D eigenvalue weighted by Gasteiger charge is 2.11. The van der Waals surface area contributed by atoms with Crippen molar-refractivity contribution in [3.8, 4) is 11.3 Å². The third-order valence-electron chi connectivity index (χ3n) is 4.57. The van der Waals surface area contributed by atoms with Crippen molar-refractivity contribution in [2.24, 2.45) is 0 Å². The molecule has 0 spiro atoms. The molecular weight excluding hydrogens is 352 g/mol. The number of hydrogen-bond acceptors (Lipinski definition) is 3. The molecule has 2 aromatic heterocycles. The maximum atomic E-state index is 12.7. The zero-order chi connectivity index (χ0) is 19.3. The summed E-state index contributed by atoms with van der Waals surface area (Å²) in [5.41, 5.74) is 3.03. The second-order valence-corrected chi connectivity index (χ2v) is 6.54. The molecule has 4 aromatic rings. The van der Waals surface area contributed by atoms with Gasteiger partial charge in [0.15, 0.2) is 0 Å². The first-order chi connectivity index (χ1) is 13.7. The van der Waals surface area contributed by atoms with Crippen LogP contribution in [0.2, 0.25) is 0 Å². The second kappa shape index (κ2) is 7.92. The van der Waals surface area contributed by atoms with Crippen LogP contribution in [0.5, 0.6) is 0 Å². The Bertz CT molecular complexity index is 1150. The van der Waals surface area contributed by atoms with Gasteiger partial charge in [-0.3, -0.25) is 9.59 Å². The molecule has 0 radical (unpaired) electrons. The number of nitrogens with zero attached hydrogens (tertiary/aromatic N) is 3. The van der Waals surface area contributed by atoms with Crippen molar-refractivity contribution in [3.05, 3.63) is 95.0 Å². The maximum absolute atomic E-state index is 12.7. The highest BCUT2D eigenvalue weighted by Crippen LogP contribution is 2.17. The standard InChI is InChI=1S/C22H20N4O2/c27-21(23-12-11-17-7-3-1-4-8-17)16-25-13-14-26-20(22(25)28)15-19(24-26)18-9-5-2-6-10-18/h1-10,13-15H,11-12,16H2,(H,23,27). The summed E-state index contributed by atoms with van der Waals surface area (Å²) in [5.74, 6) is -0.190. The number of fused-ring (bicyclic) bond motifs is 1. The predicted octanol–water partition coefficient (Wildman–Crippen LogP) is 2.52. The summed E-state index contributed by atoms with van der Waals surface area (Å²) >= 11 is 0. The Morgan fingerprint density at radius 3 is 2.43 bits per heavy atom. The molecule has 6 heteroatoms. The summed E-state index contributed by atoms with van der Waals surface area (Å²) in [6.45, 7) is 0.515. The van der Waals surface area contributed by atoms with E-state index in [4.69, 9.17) is 0 Å². The Hall–Kier alpha value is -3.67. The molecule has 0 unspecified atom stereocenters. The smallest absolute Gasteiger partial charge is 0.277 e. The molecule has 0 saturated carbocycles. The van der Waals surface area contributed by atoms with Crippen LogP contribution < -0.4 is 10.9 Å². The molecule has 6 nitrogen and oxygen atoms in total. The Morgan fingerprint density at radius 1 is 0.964 bits per heavy atom. The lowest BCUT2D eigenvalue weighted by molar-refractivity contribution is -0.121. The summed E-state index contributed by atoms with van der Waals surface area (Å²) in [6, 6.07) is 21.4. The molecule has 0 saturated heterocycles. The number of benzene rings is 2. The molecule has 0 bridgehead atoms. The lowest BCUT2D eigenvalue weighted by Gasteiger charge is -2.07. The van der Waals surface area contributed by atoms with Crippen molar-refractivity contribution in [2.75, 3.05) is 6.54 Å². The van der Waals surface area contributed by atoms with Crippen LogP contribution in [0.1, 0.15) is 5.56 Å². The zero-order valence-corrected chi connectivity index (χ0v) is 15.3. The fourth-order valence-corrected chi connectivity index (χ4v) is 3.10. The van der Waals surface area contributed by atoms with E-state index >= 15 is 0 Å². The van der Waals surface area contributed by atoms with Gasteiger partial charge in [-0.2, -0.15) is 5.10 Å². The Balaban J connectivity index is 1.46. The van der Waals surface area contributed by atoms with Gasteiger partial charge in [-0.05, 0) is 18.1 Å². The van der Waals surface area contributed by atoms with E-state index in [0.29, 0.717) is 12.1 Å². The first-order valence-electron chi connectivity index (χ1n) is 9.15. The normalized spacial score (nSPS) is 10.9. The second-order valence-electron chi connectivity index (χ2n) is 6.54. The molecular formula is C22H20N4O2. The zero-order valence-electron chi connectivity index (χ0n) is 15.3. The van der Waals surface area contributed by atoms with E-state index in [1.165, 1.54) is 4.57 Å². The Morgan fingerprint density at radius 2 is 1.68 bits per heavy atom. The highest BCUT2D eigenvalue weighted by atomic mass is 16.2. The fraction of sp³-hybridized carbons (Fsp3) is 0.136. The summed E-state index contributed by atoms with van der Waals surface area (Å²) in [7, 11) is 0. The fourth-order valence-electron chi connectivity index (χ4n) is 3.10. The number of nitrogens with one attached hydrogen (secondary N) is 1. The van der Waals surface area contributed by atoms with Gasteiger partial charge in [-0.1, -0.05) is 60.7 Å². The lowest BCUT2D eigenvalue weighted by Crippen LogP contribution is -2.33. The number of rotatable bonds is 6. The van der Waals surface area contributed by atoms with Crippen LogP contribution in [0, 0.1) is 0 Å². The van der Waals surface area contributed by atoms with Crippen molar-refractivity contribution in [3.63, 3.8) is 0 Å². The number of carbonyl (C=O) groups is 1. The monoisotopic (exact) mass is 372 g/mol. The highest BCUT2D eigenvalue weighted by molar-refractivity contribution is 5.76. The van der Waals surface area contributed by atoms with Crippen LogP contribution in [-0.4, -0.2) is 26.6 Å². The van der Waals surface area contributed by atoms with Crippen LogP contribution in [0.4, 0.5) is 0 Å². The van der Waals surface area contributed by atoms with Gasteiger partial charge in [0, 0.05) is 24.5 Å². The largest absolute Gasteiger partial charge is 0.354 e. The van der Waals surface area contributed by atoms with Gasteiger partial charge in [0.2, 0.25) is 5.91 Å². The van der Waals surface area contributed by atoms with Gasteiger partial charge >= 0.3 is 0 Å². The molecule has 4 rings (SSSR count). The molecule has 1 amide bonds. The quantitative estimate of drug-likeness (QED) is 0.565. The molecule has 0 aliphatic carbocycles. The SMILES string of the molecule is O=C(Cn1ccn2nc(-c3ccccc3)cc2c1=O)NCCc1ccccc1. The van der Waals surface area contributed by atoms with Crippen LogP contribution in [-0.2, 0) is 17.8 Å². The van der Waals surface area contributed by atoms with E-state index in [1.807, 2.05) is 60.7 Å². The van der Waals surface area contributed by atoms with Crippen LogP contribution in [0.3, 0.4) is 0 Å². The van der Waals surface area contributed by atoms with Gasteiger partial charge in [-0.25, -0.2) is 4.52 Å². The molecule has 140 valence electrons. The topological polar surface area (TPSA) is 68.4 Å². The minimum Gasteiger partial charge on any atom is -0.354 e. The minimum absolute atomic E-state index is 0.0179. The van der Waals surface area contributed by atoms with Crippen molar-refractivity contribution in [2.45, 2.75) is 13.0 Å². The Kier molecular flexibility index (Phi) is 5.01. The van der Waals surface area contributed by atoms with Crippen LogP contribution >= 0.6 is 0 Å². The first kappa shape index (κ1) is 17.7. The summed E-state index contributed by atoms with van der Waals surface area (Å²) in [5, 5.41) is 7.31. The molecule has 2 aromatic carbocycles. The molecule has 0 atom stereocenters. The number of amides is 1. The Labute approximate surface area is 162 Å². The van der Waals surface area contributed by atoms with Gasteiger partial charge < -0.3 is 9.88 Å². The number of aromatic nitrogens is 3. The predicted molar refractivity (Wildman–Crippen MR) is 108 cm³/mol. The van der Waals surface area contributed by atoms with Gasteiger partial charge in [0.1, 0.15) is 12.1 Å². The summed E-state index contributed by atoms with van der Waals surface area (Å²) < 4.78 is 2.96. The summed E-state index contributed by atoms with van der Waals surface area (Å²) in [6.07, 6.45) is 4.04. The lowest BCUT2D eigenvalue weighted by atomic mass is 10.1. The molecule has 0 aliphatic heterocycles. The van der Waals surface area contributed by atoms with Gasteiger partial charge in [0.05, 0.1) is 5.69 Å². The van der Waals surface area contributed by atoms with Crippen LogP contribution in [0.15, 0.2) is 83.9 Å². The minimum atomic E-state index is -0.240. The molecule has 2 heterocycles. The van der Waals surface area contributed by atoms with Crippen molar-refractivity contribution in [1.29, 1.82) is 0 Å². The van der Waals surface area contributed by atoms with E-state index in [2.05, 4.69) is 10.4 Å². The summed E-state index contributed by atoms with van der Waals surface area (Å²) in [4.78, 5) is 25.0. The molecule has 0 fully saturated rings. The third-order valence-corrected chi connectivity index (χ3v) is 4.57. The third kappa shape index (κ3) is 3.86. The molecule has 28 heavy (non-hydrogen) atoms. The van der Waals surface area contributed by atoms with E-state index in [1.54, 1.807) is 23.0 Å². The number of hydrogen-bond donors (Lipinski definition) is 1. The average Bonchev–Trinajstić information content (AvgIpc) is 3.17. The van der Waals surface area contributed by atoms with Crippen molar-refractivity contribution < 1.29 is 4.79 Å². The average molecular weight is 372 g/mol. The van der Waals surface area contributed by atoms with Gasteiger partial charge in [0.25, 0.3) is 5.56 Å². The first-order valence-corrected chi connectivity index (χ1v) is 9.15. The van der Waals surface area contributed by atoms with Gasteiger partial charge in [-0.15, -0.1) is 0 Å². The van der Waals surface area contributed by atoms with Crippen molar-refractivity contribution >= 4 is 11.4 Å². The maximum Gasteiger partial charge on any atom is 0.277 e. The number of carbonyl (C=O) groups excluding carboxylic acids is 1. The van der Waals surface area contributed by atoms with E-state index in [9.17, 15) is 9.59 Å². The molecule has 0 aliphatic rings. The van der Waals surface area contributed by atoms with Crippen LogP contribution in [0.25, 0.3) is 16.8 Å². The van der Waals surface area contributed by atoms with E-state index in [0.717, 1.165) is 23.2 Å². The van der Waals surface area contributed by atoms with E-state index < -0.39 is 0 Å². The molecule has 1 N–H and O–H groups in total. The van der Waals surface area contributed by atoms with E-state index in [-0.39, 0.29) is 18.0 Å². The van der Waals surface area contributed by atoms with Crippen molar-refractivity contribution in [1.82, 2.24) is 19.5 Å².